The van der Waals surface area contributed by atoms with Crippen LogP contribution in [-0.2, 0) is 11.2 Å². The van der Waals surface area contributed by atoms with E-state index in [-0.39, 0.29) is 5.91 Å². The van der Waals surface area contributed by atoms with Crippen molar-refractivity contribution in [2.45, 2.75) is 39.2 Å². The SMILES string of the molecule is CCCc1ccc(NC(=O)CN2CC(CN)CC2C)cc1. The van der Waals surface area contributed by atoms with Gasteiger partial charge in [-0.3, -0.25) is 9.69 Å². The van der Waals surface area contributed by atoms with Gasteiger partial charge in [0.25, 0.3) is 0 Å². The number of nitrogens with two attached hydrogens (primary N) is 1. The molecule has 0 spiro atoms. The van der Waals surface area contributed by atoms with Crippen LogP contribution < -0.4 is 11.1 Å². The average molecular weight is 289 g/mol. The highest BCUT2D eigenvalue weighted by molar-refractivity contribution is 5.92. The number of aryl methyl sites for hydroxylation is 1. The first-order chi connectivity index (χ1) is 10.1. The number of hydrogen-bond acceptors (Lipinski definition) is 3. The lowest BCUT2D eigenvalue weighted by atomic mass is 10.1. The van der Waals surface area contributed by atoms with Gasteiger partial charge in [-0.1, -0.05) is 25.5 Å². The predicted octanol–water partition coefficient (Wildman–Crippen LogP) is 2.25. The highest BCUT2D eigenvalue weighted by Crippen LogP contribution is 2.21. The van der Waals surface area contributed by atoms with Crippen molar-refractivity contribution in [3.63, 3.8) is 0 Å². The fourth-order valence-electron chi connectivity index (χ4n) is 3.04. The quantitative estimate of drug-likeness (QED) is 0.844. The second-order valence-corrected chi connectivity index (χ2v) is 6.11. The zero-order valence-corrected chi connectivity index (χ0v) is 13.1. The molecule has 0 bridgehead atoms. The first-order valence-electron chi connectivity index (χ1n) is 7.95. The summed E-state index contributed by atoms with van der Waals surface area (Å²) in [6.07, 6.45) is 3.32. The molecular weight excluding hydrogens is 262 g/mol. The molecule has 21 heavy (non-hydrogen) atoms. The number of nitrogens with zero attached hydrogens (tertiary/aromatic N) is 1. The summed E-state index contributed by atoms with van der Waals surface area (Å²) in [5, 5.41) is 2.98. The number of amides is 1. The molecule has 0 saturated carbocycles. The average Bonchev–Trinajstić information content (AvgIpc) is 2.82. The van der Waals surface area contributed by atoms with Gasteiger partial charge in [0.05, 0.1) is 6.54 Å². The van der Waals surface area contributed by atoms with Crippen LogP contribution in [0.15, 0.2) is 24.3 Å². The van der Waals surface area contributed by atoms with Crippen molar-refractivity contribution in [2.24, 2.45) is 11.7 Å². The molecule has 1 aromatic rings. The van der Waals surface area contributed by atoms with Crippen LogP contribution in [0.4, 0.5) is 5.69 Å². The predicted molar refractivity (Wildman–Crippen MR) is 87.3 cm³/mol. The molecule has 2 rings (SSSR count). The number of anilines is 1. The van der Waals surface area contributed by atoms with Crippen LogP contribution in [-0.4, -0.2) is 36.5 Å². The first-order valence-corrected chi connectivity index (χ1v) is 7.95. The van der Waals surface area contributed by atoms with Crippen LogP contribution in [0.25, 0.3) is 0 Å². The molecule has 0 radical (unpaired) electrons. The summed E-state index contributed by atoms with van der Waals surface area (Å²) in [5.41, 5.74) is 7.92. The Kier molecular flexibility index (Phi) is 5.76. The van der Waals surface area contributed by atoms with E-state index in [1.54, 1.807) is 0 Å². The maximum absolute atomic E-state index is 12.1. The van der Waals surface area contributed by atoms with Crippen molar-refractivity contribution in [1.82, 2.24) is 4.90 Å². The summed E-state index contributed by atoms with van der Waals surface area (Å²) in [6.45, 7) is 6.43. The highest BCUT2D eigenvalue weighted by Gasteiger charge is 2.29. The second kappa shape index (κ2) is 7.57. The topological polar surface area (TPSA) is 58.4 Å². The molecule has 0 aromatic heterocycles. The van der Waals surface area contributed by atoms with Crippen LogP contribution in [0.5, 0.6) is 0 Å². The zero-order chi connectivity index (χ0) is 15.2. The van der Waals surface area contributed by atoms with Crippen LogP contribution in [0.3, 0.4) is 0 Å². The van der Waals surface area contributed by atoms with Gasteiger partial charge in [0.1, 0.15) is 0 Å². The van der Waals surface area contributed by atoms with Crippen molar-refractivity contribution in [3.05, 3.63) is 29.8 Å². The van der Waals surface area contributed by atoms with Crippen LogP contribution in [0.1, 0.15) is 32.3 Å². The molecule has 0 aliphatic carbocycles. The molecule has 4 nitrogen and oxygen atoms in total. The van der Waals surface area contributed by atoms with E-state index in [1.165, 1.54) is 5.56 Å². The minimum atomic E-state index is 0.0581. The molecule has 1 heterocycles. The van der Waals surface area contributed by atoms with Gasteiger partial charge in [0.15, 0.2) is 0 Å². The lowest BCUT2D eigenvalue weighted by Gasteiger charge is -2.20. The number of rotatable bonds is 6. The van der Waals surface area contributed by atoms with E-state index in [0.717, 1.165) is 31.5 Å². The maximum atomic E-state index is 12.1. The third-order valence-corrected chi connectivity index (χ3v) is 4.25. The summed E-state index contributed by atoms with van der Waals surface area (Å²) in [4.78, 5) is 14.4. The molecular formula is C17H27N3O. The normalized spacial score (nSPS) is 22.4. The van der Waals surface area contributed by atoms with Gasteiger partial charge in [-0.05, 0) is 49.9 Å². The van der Waals surface area contributed by atoms with E-state index < -0.39 is 0 Å². The minimum absolute atomic E-state index is 0.0581. The van der Waals surface area contributed by atoms with E-state index >= 15 is 0 Å². The molecule has 1 aliphatic rings. The van der Waals surface area contributed by atoms with Gasteiger partial charge in [-0.2, -0.15) is 0 Å². The van der Waals surface area contributed by atoms with Crippen LogP contribution in [0.2, 0.25) is 0 Å². The zero-order valence-electron chi connectivity index (χ0n) is 13.1. The third-order valence-electron chi connectivity index (χ3n) is 4.25. The molecule has 3 N–H and O–H groups in total. The van der Waals surface area contributed by atoms with Gasteiger partial charge in [-0.15, -0.1) is 0 Å². The minimum Gasteiger partial charge on any atom is -0.330 e. The Morgan fingerprint density at radius 3 is 2.67 bits per heavy atom. The van der Waals surface area contributed by atoms with Crippen molar-refractivity contribution in [2.75, 3.05) is 25.0 Å². The Labute approximate surface area is 127 Å². The summed E-state index contributed by atoms with van der Waals surface area (Å²) in [5.74, 6) is 0.587. The Balaban J connectivity index is 1.84. The number of carbonyl (C=O) groups excluding carboxylic acids is 1. The fourth-order valence-corrected chi connectivity index (χ4v) is 3.04. The Morgan fingerprint density at radius 2 is 2.10 bits per heavy atom. The number of carbonyl (C=O) groups is 1. The van der Waals surface area contributed by atoms with E-state index in [0.29, 0.717) is 25.0 Å². The standard InChI is InChI=1S/C17H27N3O/c1-3-4-14-5-7-16(8-6-14)19-17(21)12-20-11-15(10-18)9-13(20)2/h5-8,13,15H,3-4,9-12,18H2,1-2H3,(H,19,21). The van der Waals surface area contributed by atoms with Gasteiger partial charge in [0.2, 0.25) is 5.91 Å². The smallest absolute Gasteiger partial charge is 0.238 e. The van der Waals surface area contributed by atoms with E-state index in [2.05, 4.69) is 36.2 Å². The number of likely N-dealkylation sites (tertiary alicyclic amines) is 1. The van der Waals surface area contributed by atoms with Gasteiger partial charge < -0.3 is 11.1 Å². The first kappa shape index (κ1) is 16.0. The van der Waals surface area contributed by atoms with Gasteiger partial charge in [0, 0.05) is 18.3 Å². The molecule has 1 saturated heterocycles. The molecule has 1 aromatic carbocycles. The van der Waals surface area contributed by atoms with Crippen molar-refractivity contribution in [3.8, 4) is 0 Å². The summed E-state index contributed by atoms with van der Waals surface area (Å²) in [6, 6.07) is 8.58. The number of benzene rings is 1. The summed E-state index contributed by atoms with van der Waals surface area (Å²) < 4.78 is 0. The van der Waals surface area contributed by atoms with Crippen molar-refractivity contribution >= 4 is 11.6 Å². The van der Waals surface area contributed by atoms with Gasteiger partial charge in [-0.25, -0.2) is 0 Å². The highest BCUT2D eigenvalue weighted by atomic mass is 16.2. The summed E-state index contributed by atoms with van der Waals surface area (Å²) >= 11 is 0. The van der Waals surface area contributed by atoms with Crippen LogP contribution in [0, 0.1) is 5.92 Å². The second-order valence-electron chi connectivity index (χ2n) is 6.11. The van der Waals surface area contributed by atoms with E-state index in [4.69, 9.17) is 5.73 Å². The molecule has 1 aliphatic heterocycles. The Morgan fingerprint density at radius 1 is 1.38 bits per heavy atom. The van der Waals surface area contributed by atoms with Crippen molar-refractivity contribution in [1.29, 1.82) is 0 Å². The molecule has 2 atom stereocenters. The molecule has 2 unspecified atom stereocenters. The maximum Gasteiger partial charge on any atom is 0.238 e. The fraction of sp³-hybridized carbons (Fsp3) is 0.588. The lowest BCUT2D eigenvalue weighted by molar-refractivity contribution is -0.117. The largest absolute Gasteiger partial charge is 0.330 e. The monoisotopic (exact) mass is 289 g/mol. The number of nitrogens with one attached hydrogen (secondary N) is 1. The van der Waals surface area contributed by atoms with Crippen LogP contribution >= 0.6 is 0 Å². The molecule has 4 heteroatoms. The third kappa shape index (κ3) is 4.55. The lowest BCUT2D eigenvalue weighted by Crippen LogP contribution is -2.36. The van der Waals surface area contributed by atoms with E-state index in [9.17, 15) is 4.79 Å². The Bertz CT molecular complexity index is 458. The van der Waals surface area contributed by atoms with Crippen molar-refractivity contribution < 1.29 is 4.79 Å². The summed E-state index contributed by atoms with van der Waals surface area (Å²) in [7, 11) is 0. The molecule has 1 fully saturated rings. The molecule has 116 valence electrons. The molecule has 1 amide bonds. The van der Waals surface area contributed by atoms with Gasteiger partial charge >= 0.3 is 0 Å². The van der Waals surface area contributed by atoms with E-state index in [1.807, 2.05) is 12.1 Å². The number of hydrogen-bond donors (Lipinski definition) is 2. The Hall–Kier alpha value is -1.39.